The Morgan fingerprint density at radius 2 is 1.27 bits per heavy atom. The Balaban J connectivity index is 0.00000112. The highest BCUT2D eigenvalue weighted by Gasteiger charge is 1.95. The van der Waals surface area contributed by atoms with Crippen LogP contribution in [0.4, 0.5) is 4.39 Å². The van der Waals surface area contributed by atoms with Crippen molar-refractivity contribution >= 4 is 31.6 Å². The van der Waals surface area contributed by atoms with Crippen LogP contribution in [0.5, 0.6) is 0 Å². The van der Waals surface area contributed by atoms with Crippen LogP contribution in [0.15, 0.2) is 54.6 Å². The molecule has 0 saturated carbocycles. The van der Waals surface area contributed by atoms with Crippen molar-refractivity contribution in [3.63, 3.8) is 0 Å². The topological polar surface area (TPSA) is 0 Å². The van der Waals surface area contributed by atoms with Gasteiger partial charge in [-0.05, 0) is 22.7 Å². The molecule has 2 rings (SSSR count). The number of hydrogen-bond donors (Lipinski definition) is 0. The summed E-state index contributed by atoms with van der Waals surface area (Å²) in [4.78, 5) is 0. The van der Waals surface area contributed by atoms with Gasteiger partial charge in [0.05, 0.1) is 0 Å². The molecule has 0 heterocycles. The summed E-state index contributed by atoms with van der Waals surface area (Å²) < 4.78 is 12.6. The molecule has 0 amide bonds. The second kappa shape index (κ2) is 5.85. The first kappa shape index (κ1) is 12.2. The lowest BCUT2D eigenvalue weighted by Crippen LogP contribution is -2.02. The van der Waals surface area contributed by atoms with Crippen molar-refractivity contribution in [2.24, 2.45) is 0 Å². The molecule has 78 valence electrons. The molecule has 0 nitrogen and oxygen atoms in total. The van der Waals surface area contributed by atoms with Crippen molar-refractivity contribution in [3.05, 3.63) is 60.4 Å². The number of benzene rings is 2. The van der Waals surface area contributed by atoms with E-state index in [4.69, 9.17) is 0 Å². The maximum Gasteiger partial charge on any atom is 0.123 e. The Bertz CT molecular complexity index is 400. The average molecular weight is 241 g/mol. The van der Waals surface area contributed by atoms with Crippen LogP contribution < -0.4 is 10.6 Å². The van der Waals surface area contributed by atoms with Gasteiger partial charge in [0.1, 0.15) is 5.82 Å². The first-order chi connectivity index (χ1) is 6.84. The molecule has 0 saturated heterocycles. The van der Waals surface area contributed by atoms with Crippen LogP contribution in [0.3, 0.4) is 0 Å². The van der Waals surface area contributed by atoms with E-state index in [9.17, 15) is 4.39 Å². The molecule has 0 aliphatic heterocycles. The zero-order chi connectivity index (χ0) is 9.80. The predicted molar refractivity (Wildman–Crippen MR) is 67.7 cm³/mol. The number of rotatable bonds is 2. The largest absolute Gasteiger partial charge is 0.207 e. The maximum absolute atomic E-state index is 12.6. The van der Waals surface area contributed by atoms with Gasteiger partial charge in [0.15, 0.2) is 0 Å². The van der Waals surface area contributed by atoms with Gasteiger partial charge < -0.3 is 0 Å². The predicted octanol–water partition coefficient (Wildman–Crippen LogP) is 2.88. The van der Waals surface area contributed by atoms with E-state index >= 15 is 0 Å². The van der Waals surface area contributed by atoms with E-state index in [1.54, 1.807) is 0 Å². The summed E-state index contributed by atoms with van der Waals surface area (Å²) in [5.74, 6) is -0.174. The highest BCUT2D eigenvalue weighted by atomic mass is 35.5. The van der Waals surface area contributed by atoms with Crippen LogP contribution in [0.25, 0.3) is 0 Å². The third-order valence-electron chi connectivity index (χ3n) is 1.91. The molecular formula is C12H11ClFP. The molecule has 0 radical (unpaired) electrons. The highest BCUT2D eigenvalue weighted by Crippen LogP contribution is 2.10. The Morgan fingerprint density at radius 1 is 0.733 bits per heavy atom. The van der Waals surface area contributed by atoms with E-state index in [2.05, 4.69) is 12.1 Å². The van der Waals surface area contributed by atoms with Gasteiger partial charge in [-0.25, -0.2) is 4.39 Å². The first-order valence-corrected chi connectivity index (χ1v) is 5.42. The molecule has 1 atom stereocenters. The first-order valence-electron chi connectivity index (χ1n) is 4.42. The third-order valence-corrected chi connectivity index (χ3v) is 3.15. The van der Waals surface area contributed by atoms with Crippen LogP contribution in [0.1, 0.15) is 0 Å². The molecule has 2 aromatic carbocycles. The van der Waals surface area contributed by atoms with Gasteiger partial charge in [0.25, 0.3) is 0 Å². The molecule has 0 spiro atoms. The smallest absolute Gasteiger partial charge is 0.123 e. The van der Waals surface area contributed by atoms with E-state index in [-0.39, 0.29) is 18.2 Å². The van der Waals surface area contributed by atoms with Crippen molar-refractivity contribution in [2.75, 3.05) is 0 Å². The second-order valence-corrected chi connectivity index (χ2v) is 4.40. The number of hydrogen-bond acceptors (Lipinski definition) is 0. The SMILES string of the molecule is Cl.Fc1ccc(Pc2ccccc2)cc1. The lowest BCUT2D eigenvalue weighted by Gasteiger charge is -2.01. The van der Waals surface area contributed by atoms with E-state index in [0.717, 1.165) is 5.30 Å². The third kappa shape index (κ3) is 3.62. The van der Waals surface area contributed by atoms with Gasteiger partial charge in [-0.15, -0.1) is 12.4 Å². The van der Waals surface area contributed by atoms with Crippen molar-refractivity contribution in [1.29, 1.82) is 0 Å². The summed E-state index contributed by atoms with van der Waals surface area (Å²) in [6.45, 7) is 0. The molecule has 2 aromatic rings. The molecule has 15 heavy (non-hydrogen) atoms. The summed E-state index contributed by atoms with van der Waals surface area (Å²) in [7, 11) is 0.606. The standard InChI is InChI=1S/C12H10FP.ClH/c13-10-6-8-12(9-7-10)14-11-4-2-1-3-5-11;/h1-9,14H;1H. The average Bonchev–Trinajstić information content (AvgIpc) is 2.23. The van der Waals surface area contributed by atoms with Gasteiger partial charge in [0.2, 0.25) is 0 Å². The van der Waals surface area contributed by atoms with Gasteiger partial charge in [0, 0.05) is 0 Å². The minimum Gasteiger partial charge on any atom is -0.207 e. The highest BCUT2D eigenvalue weighted by molar-refractivity contribution is 7.55. The van der Waals surface area contributed by atoms with Crippen molar-refractivity contribution in [2.45, 2.75) is 0 Å². The minimum absolute atomic E-state index is 0. The van der Waals surface area contributed by atoms with Crippen LogP contribution in [0.2, 0.25) is 0 Å². The van der Waals surface area contributed by atoms with Gasteiger partial charge in [-0.3, -0.25) is 0 Å². The lowest BCUT2D eigenvalue weighted by molar-refractivity contribution is 0.628. The fraction of sp³-hybridized carbons (Fsp3) is 0. The van der Waals surface area contributed by atoms with E-state index < -0.39 is 0 Å². The summed E-state index contributed by atoms with van der Waals surface area (Å²) in [6.07, 6.45) is 0. The minimum atomic E-state index is -0.174. The Hall–Kier alpha value is -0.910. The van der Waals surface area contributed by atoms with Crippen LogP contribution in [-0.2, 0) is 0 Å². The molecule has 0 N–H and O–H groups in total. The van der Waals surface area contributed by atoms with Gasteiger partial charge >= 0.3 is 0 Å². The molecular weight excluding hydrogens is 230 g/mol. The summed E-state index contributed by atoms with van der Waals surface area (Å²) >= 11 is 0. The molecule has 0 aliphatic carbocycles. The van der Waals surface area contributed by atoms with Crippen LogP contribution >= 0.6 is 21.0 Å². The lowest BCUT2D eigenvalue weighted by atomic mass is 10.3. The second-order valence-electron chi connectivity index (χ2n) is 3.00. The van der Waals surface area contributed by atoms with Crippen molar-refractivity contribution < 1.29 is 4.39 Å². The summed E-state index contributed by atoms with van der Waals surface area (Å²) in [5.41, 5.74) is 0. The number of halogens is 2. The molecule has 1 unspecified atom stereocenters. The Labute approximate surface area is 96.7 Å². The maximum atomic E-state index is 12.6. The van der Waals surface area contributed by atoms with Gasteiger partial charge in [-0.2, -0.15) is 0 Å². The normalized spacial score (nSPS) is 10.2. The van der Waals surface area contributed by atoms with E-state index in [1.807, 2.05) is 30.3 Å². The van der Waals surface area contributed by atoms with Crippen molar-refractivity contribution in [1.82, 2.24) is 0 Å². The van der Waals surface area contributed by atoms with E-state index in [0.29, 0.717) is 8.58 Å². The fourth-order valence-electron chi connectivity index (χ4n) is 1.22. The van der Waals surface area contributed by atoms with Gasteiger partial charge in [-0.1, -0.05) is 51.0 Å². The van der Waals surface area contributed by atoms with Crippen LogP contribution in [0, 0.1) is 5.82 Å². The zero-order valence-electron chi connectivity index (χ0n) is 7.98. The quantitative estimate of drug-likeness (QED) is 0.708. The Morgan fingerprint density at radius 3 is 1.87 bits per heavy atom. The molecule has 0 bridgehead atoms. The molecule has 0 aromatic heterocycles. The monoisotopic (exact) mass is 240 g/mol. The summed E-state index contributed by atoms with van der Waals surface area (Å²) in [6, 6.07) is 16.9. The summed E-state index contributed by atoms with van der Waals surface area (Å²) in [5, 5.41) is 2.44. The van der Waals surface area contributed by atoms with Crippen molar-refractivity contribution in [3.8, 4) is 0 Å². The fourth-order valence-corrected chi connectivity index (χ4v) is 2.25. The zero-order valence-corrected chi connectivity index (χ0v) is 9.80. The molecule has 3 heteroatoms. The molecule has 0 fully saturated rings. The molecule has 0 aliphatic rings. The van der Waals surface area contributed by atoms with E-state index in [1.165, 1.54) is 17.4 Å². The van der Waals surface area contributed by atoms with Crippen LogP contribution in [-0.4, -0.2) is 0 Å². The Kier molecular flexibility index (Phi) is 4.74.